The zero-order chi connectivity index (χ0) is 34.7. The maximum atomic E-state index is 13.7. The molecule has 1 unspecified atom stereocenters. The van der Waals surface area contributed by atoms with Crippen molar-refractivity contribution in [2.75, 3.05) is 17.2 Å². The molecule has 11 heteroatoms. The van der Waals surface area contributed by atoms with E-state index in [0.29, 0.717) is 28.7 Å². The van der Waals surface area contributed by atoms with Crippen molar-refractivity contribution in [3.8, 4) is 17.0 Å². The average Bonchev–Trinajstić information content (AvgIpc) is 3.85. The van der Waals surface area contributed by atoms with Crippen LogP contribution in [0.3, 0.4) is 0 Å². The number of anilines is 2. The Labute approximate surface area is 297 Å². The van der Waals surface area contributed by atoms with Crippen LogP contribution in [-0.2, 0) is 9.59 Å². The summed E-state index contributed by atoms with van der Waals surface area (Å²) in [6, 6.07) is 36.3. The highest BCUT2D eigenvalue weighted by atomic mass is 32.2. The zero-order valence-corrected chi connectivity index (χ0v) is 28.5. The van der Waals surface area contributed by atoms with E-state index in [1.807, 2.05) is 79.0 Å². The van der Waals surface area contributed by atoms with E-state index < -0.39 is 17.1 Å². The highest BCUT2D eigenvalue weighted by Crippen LogP contribution is 2.37. The second kappa shape index (κ2) is 16.5. The Morgan fingerprint density at radius 1 is 0.860 bits per heavy atom. The number of nitrogens with zero attached hydrogens (tertiary/aromatic N) is 1. The van der Waals surface area contributed by atoms with Gasteiger partial charge in [-0.3, -0.25) is 14.4 Å². The zero-order valence-electron chi connectivity index (χ0n) is 26.9. The fourth-order valence-electron chi connectivity index (χ4n) is 4.83. The number of rotatable bonds is 13. The number of carbonyl (C=O) groups is 3. The van der Waals surface area contributed by atoms with Gasteiger partial charge in [0.15, 0.2) is 5.13 Å². The second-order valence-corrected chi connectivity index (χ2v) is 12.8. The molecule has 3 amide bonds. The largest absolute Gasteiger partial charge is 0.494 e. The van der Waals surface area contributed by atoms with Crippen molar-refractivity contribution in [1.29, 1.82) is 0 Å². The number of thiazole rings is 1. The molecule has 0 radical (unpaired) electrons. The molecule has 9 nitrogen and oxygen atoms in total. The third-order valence-corrected chi connectivity index (χ3v) is 9.28. The molecule has 4 aromatic carbocycles. The molecule has 0 aliphatic carbocycles. The van der Waals surface area contributed by atoms with Gasteiger partial charge in [0, 0.05) is 33.2 Å². The van der Waals surface area contributed by atoms with Crippen molar-refractivity contribution in [3.63, 3.8) is 0 Å². The van der Waals surface area contributed by atoms with Crippen LogP contribution in [0, 0.1) is 0 Å². The Morgan fingerprint density at radius 3 is 2.26 bits per heavy atom. The van der Waals surface area contributed by atoms with Crippen molar-refractivity contribution < 1.29 is 23.5 Å². The summed E-state index contributed by atoms with van der Waals surface area (Å²) >= 11 is 2.74. The van der Waals surface area contributed by atoms with E-state index in [4.69, 9.17) is 9.15 Å². The fraction of sp³-hybridized carbons (Fsp3) is 0.0769. The van der Waals surface area contributed by atoms with E-state index in [-0.39, 0.29) is 11.6 Å². The number of ether oxygens (including phenoxy) is 1. The topological polar surface area (TPSA) is 123 Å². The number of thioether (sulfide) groups is 1. The molecule has 3 N–H and O–H groups in total. The number of hydrogen-bond acceptors (Lipinski definition) is 8. The minimum absolute atomic E-state index is 0.0148. The van der Waals surface area contributed by atoms with Crippen LogP contribution in [0.15, 0.2) is 148 Å². The summed E-state index contributed by atoms with van der Waals surface area (Å²) in [5, 5.41) is 10.3. The summed E-state index contributed by atoms with van der Waals surface area (Å²) in [6.07, 6.45) is 2.95. The predicted octanol–water partition coefficient (Wildman–Crippen LogP) is 8.68. The fourth-order valence-corrected chi connectivity index (χ4v) is 6.58. The predicted molar refractivity (Wildman–Crippen MR) is 198 cm³/mol. The Kier molecular flexibility index (Phi) is 11.2. The summed E-state index contributed by atoms with van der Waals surface area (Å²) in [5.41, 5.74) is 3.44. The lowest BCUT2D eigenvalue weighted by molar-refractivity contribution is -0.116. The Bertz CT molecular complexity index is 2060. The van der Waals surface area contributed by atoms with Crippen molar-refractivity contribution in [3.05, 3.63) is 156 Å². The maximum absolute atomic E-state index is 13.7. The lowest BCUT2D eigenvalue weighted by Gasteiger charge is -2.16. The number of benzene rings is 4. The number of nitrogens with one attached hydrogen (secondary N) is 3. The van der Waals surface area contributed by atoms with Crippen LogP contribution in [0.2, 0.25) is 0 Å². The number of carbonyl (C=O) groups excluding carboxylic acids is 3. The average molecular weight is 701 g/mol. The van der Waals surface area contributed by atoms with Gasteiger partial charge in [-0.1, -0.05) is 48.5 Å². The molecule has 1 atom stereocenters. The van der Waals surface area contributed by atoms with Gasteiger partial charge in [-0.15, -0.1) is 23.1 Å². The third-order valence-electron chi connectivity index (χ3n) is 7.26. The smallest absolute Gasteiger partial charge is 0.272 e. The first-order valence-corrected chi connectivity index (χ1v) is 17.5. The van der Waals surface area contributed by atoms with Crippen LogP contribution in [0.1, 0.15) is 33.9 Å². The van der Waals surface area contributed by atoms with E-state index in [0.717, 1.165) is 27.5 Å². The van der Waals surface area contributed by atoms with Crippen LogP contribution >= 0.6 is 23.1 Å². The van der Waals surface area contributed by atoms with E-state index in [1.165, 1.54) is 35.4 Å². The van der Waals surface area contributed by atoms with E-state index >= 15 is 0 Å². The molecule has 0 bridgehead atoms. The molecular weight excluding hydrogens is 669 g/mol. The summed E-state index contributed by atoms with van der Waals surface area (Å²) in [6.45, 7) is 2.53. The molecule has 2 heterocycles. The van der Waals surface area contributed by atoms with Crippen molar-refractivity contribution >= 4 is 57.7 Å². The second-order valence-electron chi connectivity index (χ2n) is 10.8. The summed E-state index contributed by atoms with van der Waals surface area (Å²) < 4.78 is 10.9. The summed E-state index contributed by atoms with van der Waals surface area (Å²) in [5.74, 6) is 0.0251. The van der Waals surface area contributed by atoms with Crippen molar-refractivity contribution in [2.45, 2.75) is 17.1 Å². The van der Waals surface area contributed by atoms with Gasteiger partial charge in [0.25, 0.3) is 11.8 Å². The quantitative estimate of drug-likeness (QED) is 0.0814. The Balaban J connectivity index is 1.14. The van der Waals surface area contributed by atoms with Gasteiger partial charge in [0.2, 0.25) is 5.91 Å². The van der Waals surface area contributed by atoms with Crippen LogP contribution in [0.4, 0.5) is 10.8 Å². The SMILES string of the molecule is CCOc1ccc(-c2csc(NC(=O)C(Sc3ccc(NC(=O)/C(=C/c4ccco4)NC(=O)c4ccccc4)cc3)c3ccccc3)n2)cc1. The highest BCUT2D eigenvalue weighted by Gasteiger charge is 2.24. The Hall–Kier alpha value is -5.91. The van der Waals surface area contributed by atoms with Crippen LogP contribution in [0.25, 0.3) is 17.3 Å². The van der Waals surface area contributed by atoms with Gasteiger partial charge in [-0.2, -0.15) is 0 Å². The van der Waals surface area contributed by atoms with Crippen molar-refractivity contribution in [1.82, 2.24) is 10.3 Å². The van der Waals surface area contributed by atoms with Gasteiger partial charge in [-0.25, -0.2) is 4.98 Å². The number of furan rings is 1. The molecule has 0 aliphatic heterocycles. The number of hydrogen-bond donors (Lipinski definition) is 3. The molecule has 0 aliphatic rings. The first kappa shape index (κ1) is 34.0. The normalized spacial score (nSPS) is 11.7. The number of amides is 3. The molecule has 0 spiro atoms. The van der Waals surface area contributed by atoms with E-state index in [1.54, 1.807) is 54.6 Å². The first-order valence-electron chi connectivity index (χ1n) is 15.7. The summed E-state index contributed by atoms with van der Waals surface area (Å²) in [4.78, 5) is 45.4. The third kappa shape index (κ3) is 8.95. The number of aromatic nitrogens is 1. The van der Waals surface area contributed by atoms with Gasteiger partial charge < -0.3 is 25.1 Å². The standard InChI is InChI=1S/C39H32N4O5S2/c1-2-47-30-19-15-26(16-20-30)34-25-49-39(42-34)43-38(46)35(27-10-5-3-6-11-27)50-32-21-17-29(18-22-32)40-37(45)33(24-31-14-9-23-48-31)41-36(44)28-12-7-4-8-13-28/h3-25,35H,2H2,1H3,(H,40,45)(H,41,44)(H,42,43,46)/b33-24-. The molecule has 0 fully saturated rings. The van der Waals surface area contributed by atoms with E-state index in [2.05, 4.69) is 20.9 Å². The maximum Gasteiger partial charge on any atom is 0.272 e. The minimum Gasteiger partial charge on any atom is -0.494 e. The Morgan fingerprint density at radius 2 is 1.58 bits per heavy atom. The van der Waals surface area contributed by atoms with Gasteiger partial charge in [0.1, 0.15) is 22.5 Å². The molecule has 50 heavy (non-hydrogen) atoms. The lowest BCUT2D eigenvalue weighted by Crippen LogP contribution is -2.30. The molecule has 2 aromatic heterocycles. The van der Waals surface area contributed by atoms with Gasteiger partial charge in [-0.05, 0) is 85.3 Å². The van der Waals surface area contributed by atoms with Crippen LogP contribution < -0.4 is 20.7 Å². The molecule has 0 saturated carbocycles. The molecule has 0 saturated heterocycles. The monoisotopic (exact) mass is 700 g/mol. The summed E-state index contributed by atoms with van der Waals surface area (Å²) in [7, 11) is 0. The van der Waals surface area contributed by atoms with Crippen LogP contribution in [0.5, 0.6) is 5.75 Å². The molecule has 250 valence electrons. The van der Waals surface area contributed by atoms with Gasteiger partial charge >= 0.3 is 0 Å². The first-order chi connectivity index (χ1) is 24.4. The van der Waals surface area contributed by atoms with Crippen molar-refractivity contribution in [2.24, 2.45) is 0 Å². The van der Waals surface area contributed by atoms with Gasteiger partial charge in [0.05, 0.1) is 18.6 Å². The molecular formula is C39H32N4O5S2. The molecule has 6 aromatic rings. The van der Waals surface area contributed by atoms with E-state index in [9.17, 15) is 14.4 Å². The minimum atomic E-state index is -0.578. The highest BCUT2D eigenvalue weighted by molar-refractivity contribution is 8.00. The van der Waals surface area contributed by atoms with Crippen LogP contribution in [-0.4, -0.2) is 29.3 Å². The molecule has 6 rings (SSSR count). The lowest BCUT2D eigenvalue weighted by atomic mass is 10.1.